The average Bonchev–Trinajstić information content (AvgIpc) is 3.35. The Balaban J connectivity index is 1.48. The van der Waals surface area contributed by atoms with Crippen LogP contribution in [0.3, 0.4) is 0 Å². The Bertz CT molecular complexity index is 1020. The van der Waals surface area contributed by atoms with Gasteiger partial charge in [-0.05, 0) is 80.6 Å². The van der Waals surface area contributed by atoms with Gasteiger partial charge in [-0.3, -0.25) is 0 Å². The van der Waals surface area contributed by atoms with Gasteiger partial charge in [-0.15, -0.1) is 0 Å². The Morgan fingerprint density at radius 3 is 2.20 bits per heavy atom. The van der Waals surface area contributed by atoms with E-state index >= 15 is 0 Å². The van der Waals surface area contributed by atoms with Crippen LogP contribution >= 0.6 is 0 Å². The van der Waals surface area contributed by atoms with Crippen molar-refractivity contribution in [3.05, 3.63) is 35.9 Å². The summed E-state index contributed by atoms with van der Waals surface area (Å²) in [6, 6.07) is 10.1. The first-order chi connectivity index (χ1) is 19.4. The highest BCUT2D eigenvalue weighted by Crippen LogP contribution is 2.57. The molecule has 1 aromatic carbocycles. The maximum Gasteiger partial charge on any atom is 0.338 e. The number of carbonyl (C=O) groups excluding carboxylic acids is 1. The SMILES string of the molecule is CC1CCC(C(C)C)C(OC(=O)[C@H]2O[C@]3([C@@H]4C[C@H](C)CC[C@H]4C(C)C)OC(C)(C)O[C@@H]3[C@H]2OCc2ccccc2)C1. The second-order valence-electron chi connectivity index (χ2n) is 14.8. The Labute approximate surface area is 248 Å². The average molecular weight is 571 g/mol. The molecule has 10 atom stereocenters. The van der Waals surface area contributed by atoms with Crippen LogP contribution in [0.1, 0.15) is 99.5 Å². The van der Waals surface area contributed by atoms with Gasteiger partial charge < -0.3 is 23.7 Å². The topological polar surface area (TPSA) is 63.2 Å². The molecule has 2 aliphatic heterocycles. The van der Waals surface area contributed by atoms with Crippen molar-refractivity contribution in [1.82, 2.24) is 0 Å². The summed E-state index contributed by atoms with van der Waals surface area (Å²) in [6.07, 6.45) is 4.26. The Morgan fingerprint density at radius 1 is 0.902 bits per heavy atom. The minimum atomic E-state index is -1.06. The summed E-state index contributed by atoms with van der Waals surface area (Å²) in [6.45, 7) is 17.9. The molecule has 0 spiro atoms. The molecule has 2 aliphatic carbocycles. The van der Waals surface area contributed by atoms with Crippen LogP contribution in [-0.4, -0.2) is 42.0 Å². The van der Waals surface area contributed by atoms with Crippen LogP contribution in [0.2, 0.25) is 0 Å². The summed E-state index contributed by atoms with van der Waals surface area (Å²) >= 11 is 0. The van der Waals surface area contributed by atoms with E-state index < -0.39 is 29.9 Å². The van der Waals surface area contributed by atoms with Crippen molar-refractivity contribution in [2.45, 2.75) is 137 Å². The third kappa shape index (κ3) is 6.41. The predicted molar refractivity (Wildman–Crippen MR) is 159 cm³/mol. The van der Waals surface area contributed by atoms with Crippen LogP contribution in [0.25, 0.3) is 0 Å². The quantitative estimate of drug-likeness (QED) is 0.301. The van der Waals surface area contributed by atoms with Crippen molar-refractivity contribution in [1.29, 1.82) is 0 Å². The predicted octanol–water partition coefficient (Wildman–Crippen LogP) is 7.53. The van der Waals surface area contributed by atoms with E-state index in [9.17, 15) is 4.79 Å². The number of esters is 1. The number of ether oxygens (including phenoxy) is 5. The fraction of sp³-hybridized carbons (Fsp3) is 0.800. The van der Waals surface area contributed by atoms with Gasteiger partial charge >= 0.3 is 5.97 Å². The Hall–Kier alpha value is -1.47. The lowest BCUT2D eigenvalue weighted by molar-refractivity contribution is -0.296. The van der Waals surface area contributed by atoms with Crippen molar-refractivity contribution in [2.75, 3.05) is 0 Å². The Morgan fingerprint density at radius 2 is 1.54 bits per heavy atom. The minimum Gasteiger partial charge on any atom is -0.460 e. The molecule has 41 heavy (non-hydrogen) atoms. The number of hydrogen-bond donors (Lipinski definition) is 0. The molecule has 6 heteroatoms. The summed E-state index contributed by atoms with van der Waals surface area (Å²) in [4.78, 5) is 14.2. The van der Waals surface area contributed by atoms with Gasteiger partial charge in [-0.25, -0.2) is 4.79 Å². The molecular formula is C35H54O6. The monoisotopic (exact) mass is 570 g/mol. The molecule has 2 saturated carbocycles. The molecule has 0 amide bonds. The lowest BCUT2D eigenvalue weighted by Gasteiger charge is -2.46. The van der Waals surface area contributed by atoms with E-state index in [0.29, 0.717) is 42.1 Å². The van der Waals surface area contributed by atoms with Gasteiger partial charge in [0.05, 0.1) is 6.61 Å². The minimum absolute atomic E-state index is 0.0942. The normalized spacial score (nSPS) is 40.6. The van der Waals surface area contributed by atoms with Crippen LogP contribution in [0, 0.1) is 41.4 Å². The molecule has 0 bridgehead atoms. The highest BCUT2D eigenvalue weighted by atomic mass is 16.9. The van der Waals surface area contributed by atoms with Crippen LogP contribution in [0.4, 0.5) is 0 Å². The van der Waals surface area contributed by atoms with Crippen molar-refractivity contribution in [3.63, 3.8) is 0 Å². The fourth-order valence-corrected chi connectivity index (χ4v) is 8.29. The van der Waals surface area contributed by atoms with Crippen LogP contribution < -0.4 is 0 Å². The van der Waals surface area contributed by atoms with E-state index in [4.69, 9.17) is 23.7 Å². The molecule has 1 aromatic rings. The third-order valence-electron chi connectivity index (χ3n) is 10.4. The molecule has 3 unspecified atom stereocenters. The smallest absolute Gasteiger partial charge is 0.338 e. The molecule has 0 radical (unpaired) electrons. The number of benzene rings is 1. The van der Waals surface area contributed by atoms with Crippen molar-refractivity contribution in [2.24, 2.45) is 41.4 Å². The van der Waals surface area contributed by atoms with Gasteiger partial charge in [0, 0.05) is 5.92 Å². The Kier molecular flexibility index (Phi) is 9.26. The maximum atomic E-state index is 14.2. The van der Waals surface area contributed by atoms with E-state index in [0.717, 1.165) is 31.2 Å². The van der Waals surface area contributed by atoms with E-state index in [2.05, 4.69) is 41.5 Å². The molecule has 6 nitrogen and oxygen atoms in total. The third-order valence-corrected chi connectivity index (χ3v) is 10.4. The van der Waals surface area contributed by atoms with E-state index in [-0.39, 0.29) is 18.0 Å². The second kappa shape index (κ2) is 12.3. The van der Waals surface area contributed by atoms with Gasteiger partial charge in [0.2, 0.25) is 5.79 Å². The molecule has 0 N–H and O–H groups in total. The van der Waals surface area contributed by atoms with Crippen LogP contribution in [0.5, 0.6) is 0 Å². The summed E-state index contributed by atoms with van der Waals surface area (Å²) in [5, 5.41) is 0. The van der Waals surface area contributed by atoms with Gasteiger partial charge in [-0.2, -0.15) is 0 Å². The molecule has 0 aromatic heterocycles. The number of carbonyl (C=O) groups is 1. The number of rotatable bonds is 8. The lowest BCUT2D eigenvalue weighted by atomic mass is 9.66. The standard InChI is InChI=1S/C35H54O6/c1-21(2)26-16-14-23(5)18-28(26)35-32(40-34(7,8)41-35)30(37-20-25-12-10-9-11-13-25)31(39-35)33(36)38-29-19-24(6)15-17-27(29)22(3)4/h9-13,21-24,26-32H,14-20H2,1-8H3/t23-,24?,26+,27?,28-,29?,30+,31+,32-,35-/m1/s1. The highest BCUT2D eigenvalue weighted by Gasteiger charge is 2.71. The molecular weight excluding hydrogens is 516 g/mol. The van der Waals surface area contributed by atoms with Gasteiger partial charge in [0.15, 0.2) is 11.9 Å². The molecule has 2 saturated heterocycles. The maximum absolute atomic E-state index is 14.2. The van der Waals surface area contributed by atoms with Gasteiger partial charge in [-0.1, -0.05) is 84.7 Å². The van der Waals surface area contributed by atoms with E-state index in [1.807, 2.05) is 44.2 Å². The summed E-state index contributed by atoms with van der Waals surface area (Å²) in [7, 11) is 0. The van der Waals surface area contributed by atoms with Crippen molar-refractivity contribution < 1.29 is 28.5 Å². The van der Waals surface area contributed by atoms with Crippen LogP contribution in [-0.2, 0) is 35.1 Å². The zero-order chi connectivity index (χ0) is 29.5. The van der Waals surface area contributed by atoms with Gasteiger partial charge in [0.25, 0.3) is 0 Å². The molecule has 230 valence electrons. The highest BCUT2D eigenvalue weighted by molar-refractivity contribution is 5.76. The van der Waals surface area contributed by atoms with Crippen molar-refractivity contribution >= 4 is 5.97 Å². The molecule has 2 heterocycles. The second-order valence-corrected chi connectivity index (χ2v) is 14.8. The van der Waals surface area contributed by atoms with Gasteiger partial charge in [0.1, 0.15) is 18.3 Å². The zero-order valence-electron chi connectivity index (χ0n) is 26.6. The fourth-order valence-electron chi connectivity index (χ4n) is 8.29. The first kappa shape index (κ1) is 31.0. The zero-order valence-corrected chi connectivity index (χ0v) is 26.6. The van der Waals surface area contributed by atoms with E-state index in [1.165, 1.54) is 12.8 Å². The number of hydrogen-bond acceptors (Lipinski definition) is 6. The first-order valence-electron chi connectivity index (χ1n) is 16.3. The summed E-state index contributed by atoms with van der Waals surface area (Å²) < 4.78 is 33.5. The summed E-state index contributed by atoms with van der Waals surface area (Å²) in [5.41, 5.74) is 1.04. The van der Waals surface area contributed by atoms with Crippen LogP contribution in [0.15, 0.2) is 30.3 Å². The molecule has 4 aliphatic rings. The number of fused-ring (bicyclic) bond motifs is 1. The largest absolute Gasteiger partial charge is 0.460 e. The lowest BCUT2D eigenvalue weighted by Crippen LogP contribution is -2.53. The van der Waals surface area contributed by atoms with Crippen molar-refractivity contribution in [3.8, 4) is 0 Å². The molecule has 5 rings (SSSR count). The van der Waals surface area contributed by atoms with E-state index in [1.54, 1.807) is 0 Å². The first-order valence-corrected chi connectivity index (χ1v) is 16.3. The summed E-state index contributed by atoms with van der Waals surface area (Å²) in [5.74, 6) is 0.593. The molecule has 4 fully saturated rings.